The summed E-state index contributed by atoms with van der Waals surface area (Å²) >= 11 is 0. The van der Waals surface area contributed by atoms with Gasteiger partial charge in [0.25, 0.3) is 5.91 Å². The first-order valence-corrected chi connectivity index (χ1v) is 11.9. The monoisotopic (exact) mass is 449 g/mol. The molecule has 7 nitrogen and oxygen atoms in total. The first kappa shape index (κ1) is 21.8. The number of nitrogens with zero attached hydrogens (tertiary/aromatic N) is 2. The average molecular weight is 450 g/mol. The van der Waals surface area contributed by atoms with Gasteiger partial charge in [-0.1, -0.05) is 30.5 Å². The molecule has 1 saturated carbocycles. The summed E-state index contributed by atoms with van der Waals surface area (Å²) in [5, 5.41) is 3.12. The zero-order chi connectivity index (χ0) is 22.8. The van der Waals surface area contributed by atoms with E-state index in [2.05, 4.69) is 10.2 Å². The molecule has 174 valence electrons. The Balaban J connectivity index is 1.26. The zero-order valence-electron chi connectivity index (χ0n) is 19.1. The van der Waals surface area contributed by atoms with Crippen molar-refractivity contribution in [1.29, 1.82) is 0 Å². The standard InChI is InChI=1S/C26H31N3O4/c1-18-5-4-8-20(15-18)26(31)29-13-11-28(12-14-29)24(19-6-2-3-7-19)25(30)27-21-9-10-22-23(16-21)33-17-32-22/h4-5,8-10,15-16,19,24H,2-3,6-7,11-14,17H2,1H3,(H,27,30)/t24-/m0/s1. The lowest BCUT2D eigenvalue weighted by atomic mass is 9.94. The van der Waals surface area contributed by atoms with E-state index in [9.17, 15) is 9.59 Å². The van der Waals surface area contributed by atoms with Gasteiger partial charge in [0.05, 0.1) is 6.04 Å². The third-order valence-electron chi connectivity index (χ3n) is 7.01. The van der Waals surface area contributed by atoms with Gasteiger partial charge in [0.1, 0.15) is 0 Å². The number of benzene rings is 2. The molecule has 33 heavy (non-hydrogen) atoms. The molecule has 2 aromatic rings. The molecule has 2 heterocycles. The summed E-state index contributed by atoms with van der Waals surface area (Å²) in [6.45, 7) is 4.88. The van der Waals surface area contributed by atoms with Gasteiger partial charge < -0.3 is 19.7 Å². The first-order valence-electron chi connectivity index (χ1n) is 11.9. The van der Waals surface area contributed by atoms with Crippen LogP contribution in [0, 0.1) is 12.8 Å². The quantitative estimate of drug-likeness (QED) is 0.754. The lowest BCUT2D eigenvalue weighted by molar-refractivity contribution is -0.123. The summed E-state index contributed by atoms with van der Waals surface area (Å²) in [6, 6.07) is 13.1. The number of piperazine rings is 1. The fourth-order valence-electron chi connectivity index (χ4n) is 5.31. The molecule has 0 bridgehead atoms. The van der Waals surface area contributed by atoms with E-state index in [1.54, 1.807) is 0 Å². The fourth-order valence-corrected chi connectivity index (χ4v) is 5.31. The number of fused-ring (bicyclic) bond motifs is 1. The van der Waals surface area contributed by atoms with Gasteiger partial charge >= 0.3 is 0 Å². The molecule has 7 heteroatoms. The number of aryl methyl sites for hydroxylation is 1. The maximum Gasteiger partial charge on any atom is 0.253 e. The molecule has 2 aliphatic heterocycles. The van der Waals surface area contributed by atoms with E-state index in [1.807, 2.05) is 54.3 Å². The number of hydrogen-bond donors (Lipinski definition) is 1. The van der Waals surface area contributed by atoms with Crippen LogP contribution in [-0.4, -0.2) is 60.6 Å². The first-order chi connectivity index (χ1) is 16.1. The normalized spacial score (nSPS) is 19.5. The summed E-state index contributed by atoms with van der Waals surface area (Å²) in [7, 11) is 0. The molecule has 1 aliphatic carbocycles. The van der Waals surface area contributed by atoms with Crippen LogP contribution in [0.1, 0.15) is 41.6 Å². The highest BCUT2D eigenvalue weighted by Crippen LogP contribution is 2.35. The summed E-state index contributed by atoms with van der Waals surface area (Å²) in [5.41, 5.74) is 2.54. The van der Waals surface area contributed by atoms with Gasteiger partial charge in [-0.05, 0) is 49.9 Å². The largest absolute Gasteiger partial charge is 0.454 e. The predicted octanol–water partition coefficient (Wildman–Crippen LogP) is 3.68. The highest BCUT2D eigenvalue weighted by Gasteiger charge is 2.37. The van der Waals surface area contributed by atoms with Crippen molar-refractivity contribution < 1.29 is 19.1 Å². The van der Waals surface area contributed by atoms with Crippen molar-refractivity contribution >= 4 is 17.5 Å². The Morgan fingerprint density at radius 2 is 1.73 bits per heavy atom. The van der Waals surface area contributed by atoms with Gasteiger partial charge in [0.15, 0.2) is 11.5 Å². The van der Waals surface area contributed by atoms with Crippen LogP contribution in [0.5, 0.6) is 11.5 Å². The predicted molar refractivity (Wildman–Crippen MR) is 126 cm³/mol. The number of nitrogens with one attached hydrogen (secondary N) is 1. The number of rotatable bonds is 5. The minimum atomic E-state index is -0.186. The van der Waals surface area contributed by atoms with E-state index >= 15 is 0 Å². The van der Waals surface area contributed by atoms with Crippen LogP contribution in [0.2, 0.25) is 0 Å². The van der Waals surface area contributed by atoms with Crippen molar-refractivity contribution in [2.75, 3.05) is 38.3 Å². The molecule has 0 spiro atoms. The van der Waals surface area contributed by atoms with Gasteiger partial charge in [-0.3, -0.25) is 14.5 Å². The second-order valence-electron chi connectivity index (χ2n) is 9.24. The molecule has 0 unspecified atom stereocenters. The smallest absolute Gasteiger partial charge is 0.253 e. The van der Waals surface area contributed by atoms with Gasteiger partial charge in [-0.2, -0.15) is 0 Å². The molecule has 1 N–H and O–H groups in total. The minimum Gasteiger partial charge on any atom is -0.454 e. The molecular weight excluding hydrogens is 418 g/mol. The number of carbonyl (C=O) groups is 2. The van der Waals surface area contributed by atoms with E-state index in [1.165, 1.54) is 12.8 Å². The Kier molecular flexibility index (Phi) is 6.22. The highest BCUT2D eigenvalue weighted by molar-refractivity contribution is 5.96. The second-order valence-corrected chi connectivity index (χ2v) is 9.24. The lowest BCUT2D eigenvalue weighted by Crippen LogP contribution is -2.56. The molecular formula is C26H31N3O4. The zero-order valence-corrected chi connectivity index (χ0v) is 19.1. The topological polar surface area (TPSA) is 71.1 Å². The van der Waals surface area contributed by atoms with E-state index < -0.39 is 0 Å². The third-order valence-corrected chi connectivity index (χ3v) is 7.01. The van der Waals surface area contributed by atoms with Crippen molar-refractivity contribution in [3.05, 3.63) is 53.6 Å². The fraction of sp³-hybridized carbons (Fsp3) is 0.462. The van der Waals surface area contributed by atoms with Crippen molar-refractivity contribution in [2.24, 2.45) is 5.92 Å². The molecule has 0 radical (unpaired) electrons. The number of hydrogen-bond acceptors (Lipinski definition) is 5. The molecule has 0 aromatic heterocycles. The highest BCUT2D eigenvalue weighted by atomic mass is 16.7. The SMILES string of the molecule is Cc1cccc(C(=O)N2CCN([C@H](C(=O)Nc3ccc4c(c3)OCO4)C3CCCC3)CC2)c1. The third kappa shape index (κ3) is 4.69. The average Bonchev–Trinajstić information content (AvgIpc) is 3.51. The van der Waals surface area contributed by atoms with Crippen molar-refractivity contribution in [3.8, 4) is 11.5 Å². The summed E-state index contributed by atoms with van der Waals surface area (Å²) in [4.78, 5) is 30.6. The van der Waals surface area contributed by atoms with Crippen LogP contribution >= 0.6 is 0 Å². The van der Waals surface area contributed by atoms with E-state index in [4.69, 9.17) is 9.47 Å². The summed E-state index contributed by atoms with van der Waals surface area (Å²) in [6.07, 6.45) is 4.48. The Morgan fingerprint density at radius 1 is 0.970 bits per heavy atom. The van der Waals surface area contributed by atoms with Gasteiger partial charge in [0.2, 0.25) is 12.7 Å². The number of anilines is 1. The Hall–Kier alpha value is -3.06. The molecule has 5 rings (SSSR count). The maximum absolute atomic E-state index is 13.5. The Bertz CT molecular complexity index is 1030. The molecule has 1 atom stereocenters. The van der Waals surface area contributed by atoms with Gasteiger partial charge in [-0.15, -0.1) is 0 Å². The van der Waals surface area contributed by atoms with E-state index in [0.717, 1.165) is 29.7 Å². The van der Waals surface area contributed by atoms with Crippen LogP contribution in [0.15, 0.2) is 42.5 Å². The molecule has 2 fully saturated rings. The van der Waals surface area contributed by atoms with Crippen LogP contribution in [0.3, 0.4) is 0 Å². The Morgan fingerprint density at radius 3 is 2.48 bits per heavy atom. The van der Waals surface area contributed by atoms with Crippen molar-refractivity contribution in [2.45, 2.75) is 38.6 Å². The van der Waals surface area contributed by atoms with Crippen molar-refractivity contribution in [3.63, 3.8) is 0 Å². The number of ether oxygens (including phenoxy) is 2. The van der Waals surface area contributed by atoms with Gasteiger partial charge in [-0.25, -0.2) is 0 Å². The van der Waals surface area contributed by atoms with Crippen LogP contribution in [-0.2, 0) is 4.79 Å². The molecule has 2 amide bonds. The lowest BCUT2D eigenvalue weighted by Gasteiger charge is -2.40. The van der Waals surface area contributed by atoms with E-state index in [-0.39, 0.29) is 24.6 Å². The Labute approximate surface area is 194 Å². The minimum absolute atomic E-state index is 0.0271. The second kappa shape index (κ2) is 9.43. The number of carbonyl (C=O) groups excluding carboxylic acids is 2. The van der Waals surface area contributed by atoms with Gasteiger partial charge in [0, 0.05) is 43.5 Å². The van der Waals surface area contributed by atoms with Crippen LogP contribution in [0.25, 0.3) is 0 Å². The van der Waals surface area contributed by atoms with Crippen LogP contribution in [0.4, 0.5) is 5.69 Å². The molecule has 2 aromatic carbocycles. The maximum atomic E-state index is 13.5. The molecule has 1 saturated heterocycles. The number of amides is 2. The van der Waals surface area contributed by atoms with Crippen molar-refractivity contribution in [1.82, 2.24) is 9.80 Å². The summed E-state index contributed by atoms with van der Waals surface area (Å²) < 4.78 is 10.8. The summed E-state index contributed by atoms with van der Waals surface area (Å²) in [5.74, 6) is 1.81. The van der Waals surface area contributed by atoms with Crippen LogP contribution < -0.4 is 14.8 Å². The van der Waals surface area contributed by atoms with E-state index in [0.29, 0.717) is 43.6 Å². The molecule has 3 aliphatic rings.